The molecule has 0 N–H and O–H groups in total. The molecule has 0 aromatic heterocycles. The van der Waals surface area contributed by atoms with Gasteiger partial charge in [-0.25, -0.2) is 0 Å². The van der Waals surface area contributed by atoms with Crippen molar-refractivity contribution in [2.24, 2.45) is 0 Å². The Morgan fingerprint density at radius 2 is 1.50 bits per heavy atom. The van der Waals surface area contributed by atoms with Gasteiger partial charge in [-0.3, -0.25) is 0 Å². The van der Waals surface area contributed by atoms with Crippen molar-refractivity contribution in [3.05, 3.63) is 12.0 Å². The van der Waals surface area contributed by atoms with E-state index in [1.54, 1.807) is 0 Å². The van der Waals surface area contributed by atoms with Gasteiger partial charge in [0.1, 0.15) is 0 Å². The first-order valence-electron chi connectivity index (χ1n) is 2.25. The summed E-state index contributed by atoms with van der Waals surface area (Å²) in [6, 6.07) is 0. The number of hydrogen-bond donors (Lipinski definition) is 0. The van der Waals surface area contributed by atoms with E-state index in [0.29, 0.717) is 0 Å². The summed E-state index contributed by atoms with van der Waals surface area (Å²) in [5.74, 6) is 0. The molecule has 0 radical (unpaired) electrons. The van der Waals surface area contributed by atoms with Crippen LogP contribution in [0.25, 0.3) is 5.32 Å². The quantitative estimate of drug-likeness (QED) is 0.542. The summed E-state index contributed by atoms with van der Waals surface area (Å²) in [6.45, 7) is 10.5. The molecule has 3 heteroatoms. The largest absolute Gasteiger partial charge is 0 e. The van der Waals surface area contributed by atoms with E-state index in [9.17, 15) is 0 Å². The molecule has 0 aromatic rings. The van der Waals surface area contributed by atoms with Crippen LogP contribution in [0, 0.1) is 6.65 Å². The van der Waals surface area contributed by atoms with E-state index in [-0.39, 0.29) is 21.1 Å². The van der Waals surface area contributed by atoms with E-state index in [4.69, 9.17) is 4.65 Å². The first kappa shape index (κ1) is 15.8. The second kappa shape index (κ2) is 26.3. The summed E-state index contributed by atoms with van der Waals surface area (Å²) in [5, 5.41) is 3.97. The molecular weight excluding hydrogens is 274 g/mol. The van der Waals surface area contributed by atoms with Gasteiger partial charge in [0.25, 0.3) is 0 Å². The molecule has 8 heavy (non-hydrogen) atoms. The SMILES string of the molecule is CC[N-]CC.[C-]#[O+].[W]. The molecule has 0 aliphatic rings. The zero-order chi connectivity index (χ0) is 6.12. The van der Waals surface area contributed by atoms with E-state index in [1.165, 1.54) is 0 Å². The van der Waals surface area contributed by atoms with E-state index in [0.717, 1.165) is 13.1 Å². The normalized spacial score (nSPS) is 5.50. The van der Waals surface area contributed by atoms with Crippen LogP contribution in [-0.4, -0.2) is 13.1 Å². The Labute approximate surface area is 65.0 Å². The van der Waals surface area contributed by atoms with Crippen LogP contribution in [0.1, 0.15) is 13.8 Å². The molecule has 0 aliphatic carbocycles. The zero-order valence-electron chi connectivity index (χ0n) is 5.18. The zero-order valence-corrected chi connectivity index (χ0v) is 8.11. The molecule has 0 rings (SSSR count). The van der Waals surface area contributed by atoms with Gasteiger partial charge < -0.3 is 5.32 Å². The molecule has 2 nitrogen and oxygen atoms in total. The third-order valence-corrected chi connectivity index (χ3v) is 0.447. The summed E-state index contributed by atoms with van der Waals surface area (Å²) in [6.07, 6.45) is 0. The minimum atomic E-state index is 0. The second-order valence-electron chi connectivity index (χ2n) is 0.856. The molecular formula is C5H10NOW-. The fourth-order valence-corrected chi connectivity index (χ4v) is 0.224. The first-order chi connectivity index (χ1) is 3.41. The van der Waals surface area contributed by atoms with Crippen LogP contribution in [0.2, 0.25) is 0 Å². The third kappa shape index (κ3) is 32.5. The Bertz CT molecular complexity index is 36.7. The second-order valence-corrected chi connectivity index (χ2v) is 0.856. The molecule has 0 unspecified atom stereocenters. The molecule has 0 spiro atoms. The Morgan fingerprint density at radius 3 is 1.50 bits per heavy atom. The van der Waals surface area contributed by atoms with Crippen molar-refractivity contribution >= 4 is 0 Å². The molecule has 0 atom stereocenters. The summed E-state index contributed by atoms with van der Waals surface area (Å²) in [5.41, 5.74) is 0. The number of nitrogens with zero attached hydrogens (tertiary/aromatic N) is 1. The van der Waals surface area contributed by atoms with Gasteiger partial charge in [0, 0.05) is 21.1 Å². The molecule has 48 valence electrons. The molecule has 0 saturated carbocycles. The van der Waals surface area contributed by atoms with Crippen molar-refractivity contribution in [2.45, 2.75) is 13.8 Å². The Morgan fingerprint density at radius 1 is 1.25 bits per heavy atom. The van der Waals surface area contributed by atoms with E-state index >= 15 is 0 Å². The fourth-order valence-electron chi connectivity index (χ4n) is 0.224. The minimum Gasteiger partial charge on any atom is 0 e. The topological polar surface area (TPSA) is 34.0 Å². The minimum absolute atomic E-state index is 0. The molecule has 0 bridgehead atoms. The van der Waals surface area contributed by atoms with E-state index < -0.39 is 0 Å². The van der Waals surface area contributed by atoms with Gasteiger partial charge in [-0.15, -0.1) is 0 Å². The maximum Gasteiger partial charge on any atom is 0 e. The van der Waals surface area contributed by atoms with Gasteiger partial charge in [-0.05, 0) is 0 Å². The van der Waals surface area contributed by atoms with Crippen molar-refractivity contribution in [3.8, 4) is 0 Å². The first-order valence-corrected chi connectivity index (χ1v) is 2.25. The number of rotatable bonds is 2. The third-order valence-electron chi connectivity index (χ3n) is 0.447. The summed E-state index contributed by atoms with van der Waals surface area (Å²) in [7, 11) is 0. The van der Waals surface area contributed by atoms with Crippen molar-refractivity contribution in [1.29, 1.82) is 0 Å². The number of hydrogen-bond acceptors (Lipinski definition) is 0. The van der Waals surface area contributed by atoms with Crippen LogP contribution >= 0.6 is 0 Å². The summed E-state index contributed by atoms with van der Waals surface area (Å²) < 4.78 is 7.50. The van der Waals surface area contributed by atoms with Crippen molar-refractivity contribution in [1.82, 2.24) is 0 Å². The van der Waals surface area contributed by atoms with Gasteiger partial charge in [0.2, 0.25) is 0 Å². The van der Waals surface area contributed by atoms with Gasteiger partial charge in [-0.1, -0.05) is 13.8 Å². The smallest absolute Gasteiger partial charge is 0 e. The van der Waals surface area contributed by atoms with Crippen LogP contribution in [0.5, 0.6) is 0 Å². The van der Waals surface area contributed by atoms with Crippen molar-refractivity contribution in [3.63, 3.8) is 0 Å². The standard InChI is InChI=1S/C4H10N.CO.W/c1-3-5-4-2;1-2;/h3-4H2,1-2H3;;/q-1;;. The van der Waals surface area contributed by atoms with Gasteiger partial charge in [0.15, 0.2) is 0 Å². The van der Waals surface area contributed by atoms with Crippen LogP contribution in [0.4, 0.5) is 0 Å². The van der Waals surface area contributed by atoms with E-state index in [1.807, 2.05) is 13.8 Å². The molecule has 0 aromatic carbocycles. The molecule has 0 saturated heterocycles. The maximum atomic E-state index is 7.50. The van der Waals surface area contributed by atoms with E-state index in [2.05, 4.69) is 12.0 Å². The Balaban J connectivity index is -0.0000000750. The average Bonchev–Trinajstić information content (AvgIpc) is 1.75. The Hall–Kier alpha value is 0.388. The Kier molecular flexibility index (Phi) is 51.8. The van der Waals surface area contributed by atoms with Crippen LogP contribution in [-0.2, 0) is 25.7 Å². The van der Waals surface area contributed by atoms with Crippen molar-refractivity contribution in [2.75, 3.05) is 13.1 Å². The predicted molar refractivity (Wildman–Crippen MR) is 28.4 cm³/mol. The molecule has 0 amide bonds. The van der Waals surface area contributed by atoms with Gasteiger partial charge in [0.05, 0.1) is 0 Å². The molecule has 0 fully saturated rings. The monoisotopic (exact) mass is 284 g/mol. The predicted octanol–water partition coefficient (Wildman–Crippen LogP) is 1.36. The van der Waals surface area contributed by atoms with Crippen molar-refractivity contribution < 1.29 is 25.7 Å². The van der Waals surface area contributed by atoms with Crippen LogP contribution < -0.4 is 0 Å². The molecule has 0 aliphatic heterocycles. The summed E-state index contributed by atoms with van der Waals surface area (Å²) in [4.78, 5) is 0. The maximum absolute atomic E-state index is 7.50. The van der Waals surface area contributed by atoms with Crippen LogP contribution in [0.15, 0.2) is 0 Å². The fraction of sp³-hybridized carbons (Fsp3) is 0.800. The van der Waals surface area contributed by atoms with Crippen LogP contribution in [0.3, 0.4) is 0 Å². The average molecular weight is 284 g/mol. The van der Waals surface area contributed by atoms with Gasteiger partial charge in [-0.2, -0.15) is 13.1 Å². The summed E-state index contributed by atoms with van der Waals surface area (Å²) >= 11 is 0. The van der Waals surface area contributed by atoms with Gasteiger partial charge >= 0.3 is 11.3 Å². The molecule has 0 heterocycles.